The van der Waals surface area contributed by atoms with Gasteiger partial charge in [-0.25, -0.2) is 0 Å². The lowest BCUT2D eigenvalue weighted by Crippen LogP contribution is -2.15. The van der Waals surface area contributed by atoms with Gasteiger partial charge in [-0.05, 0) is 39.7 Å². The van der Waals surface area contributed by atoms with Gasteiger partial charge in [-0.3, -0.25) is 4.79 Å². The minimum atomic E-state index is -0.0211. The number of rotatable bonds is 3. The SMILES string of the molecule is Cn1cc(NCc2ccc(Br)c(Cl)c2)ccc1=O. The number of pyridine rings is 1. The highest BCUT2D eigenvalue weighted by Gasteiger charge is 2.00. The Labute approximate surface area is 119 Å². The summed E-state index contributed by atoms with van der Waals surface area (Å²) in [6.07, 6.45) is 1.77. The molecule has 1 aromatic carbocycles. The standard InChI is InChI=1S/C13H12BrClN2O/c1-17-8-10(3-5-13(17)18)16-7-9-2-4-11(14)12(15)6-9/h2-6,8,16H,7H2,1H3. The highest BCUT2D eigenvalue weighted by Crippen LogP contribution is 2.23. The van der Waals surface area contributed by atoms with Crippen molar-refractivity contribution in [1.29, 1.82) is 0 Å². The number of nitrogens with zero attached hydrogens (tertiary/aromatic N) is 1. The van der Waals surface area contributed by atoms with Gasteiger partial charge in [0.05, 0.1) is 10.7 Å². The normalized spacial score (nSPS) is 10.4. The van der Waals surface area contributed by atoms with E-state index in [0.717, 1.165) is 15.7 Å². The number of nitrogens with one attached hydrogen (secondary N) is 1. The zero-order valence-corrected chi connectivity index (χ0v) is 12.1. The third kappa shape index (κ3) is 3.15. The minimum absolute atomic E-state index is 0.0211. The van der Waals surface area contributed by atoms with E-state index in [2.05, 4.69) is 21.2 Å². The van der Waals surface area contributed by atoms with Crippen molar-refractivity contribution in [2.24, 2.45) is 7.05 Å². The highest BCUT2D eigenvalue weighted by molar-refractivity contribution is 9.10. The molecule has 0 atom stereocenters. The fourth-order valence-corrected chi connectivity index (χ4v) is 2.00. The molecule has 0 saturated carbocycles. The van der Waals surface area contributed by atoms with Crippen LogP contribution in [0, 0.1) is 0 Å². The molecule has 18 heavy (non-hydrogen) atoms. The molecule has 0 radical (unpaired) electrons. The molecule has 0 unspecified atom stereocenters. The van der Waals surface area contributed by atoms with Crippen LogP contribution < -0.4 is 10.9 Å². The fourth-order valence-electron chi connectivity index (χ4n) is 1.55. The Bertz CT molecular complexity index is 625. The first-order valence-electron chi connectivity index (χ1n) is 5.41. The van der Waals surface area contributed by atoms with Gasteiger partial charge in [-0.1, -0.05) is 17.7 Å². The topological polar surface area (TPSA) is 34.0 Å². The first-order chi connectivity index (χ1) is 8.56. The summed E-state index contributed by atoms with van der Waals surface area (Å²) in [5.41, 5.74) is 1.96. The second-order valence-corrected chi connectivity index (χ2v) is 5.23. The predicted molar refractivity (Wildman–Crippen MR) is 78.2 cm³/mol. The molecule has 0 fully saturated rings. The van der Waals surface area contributed by atoms with Crippen molar-refractivity contribution in [3.8, 4) is 0 Å². The van der Waals surface area contributed by atoms with Crippen LogP contribution in [0.5, 0.6) is 0 Å². The largest absolute Gasteiger partial charge is 0.380 e. The van der Waals surface area contributed by atoms with Gasteiger partial charge in [0.15, 0.2) is 0 Å². The van der Waals surface area contributed by atoms with Crippen molar-refractivity contribution >= 4 is 33.2 Å². The summed E-state index contributed by atoms with van der Waals surface area (Å²) >= 11 is 9.37. The van der Waals surface area contributed by atoms with Crippen LogP contribution in [0.4, 0.5) is 5.69 Å². The first-order valence-corrected chi connectivity index (χ1v) is 6.58. The Hall–Kier alpha value is -1.26. The molecule has 1 heterocycles. The van der Waals surface area contributed by atoms with E-state index >= 15 is 0 Å². The second kappa shape index (κ2) is 5.59. The van der Waals surface area contributed by atoms with Crippen LogP contribution in [0.3, 0.4) is 0 Å². The van der Waals surface area contributed by atoms with E-state index in [-0.39, 0.29) is 5.56 Å². The quantitative estimate of drug-likeness (QED) is 0.937. The van der Waals surface area contributed by atoms with Crippen molar-refractivity contribution < 1.29 is 0 Å². The Morgan fingerprint density at radius 2 is 2.11 bits per heavy atom. The zero-order chi connectivity index (χ0) is 13.1. The van der Waals surface area contributed by atoms with E-state index in [4.69, 9.17) is 11.6 Å². The molecule has 1 aromatic heterocycles. The number of benzene rings is 1. The van der Waals surface area contributed by atoms with E-state index < -0.39 is 0 Å². The van der Waals surface area contributed by atoms with Gasteiger partial charge in [-0.15, -0.1) is 0 Å². The van der Waals surface area contributed by atoms with Gasteiger partial charge < -0.3 is 9.88 Å². The summed E-state index contributed by atoms with van der Waals surface area (Å²) in [5, 5.41) is 3.93. The maximum Gasteiger partial charge on any atom is 0.250 e. The molecule has 0 bridgehead atoms. The number of aryl methyl sites for hydroxylation is 1. The maximum absolute atomic E-state index is 11.2. The van der Waals surface area contributed by atoms with Crippen LogP contribution in [0.1, 0.15) is 5.56 Å². The average Bonchev–Trinajstić information content (AvgIpc) is 2.35. The first kappa shape index (κ1) is 13.2. The molecule has 0 aliphatic carbocycles. The number of anilines is 1. The lowest BCUT2D eigenvalue weighted by molar-refractivity contribution is 0.859. The van der Waals surface area contributed by atoms with E-state index in [1.54, 1.807) is 19.3 Å². The number of hydrogen-bond acceptors (Lipinski definition) is 2. The third-order valence-corrected chi connectivity index (χ3v) is 3.80. The number of aromatic nitrogens is 1. The van der Waals surface area contributed by atoms with Gasteiger partial charge >= 0.3 is 0 Å². The van der Waals surface area contributed by atoms with Crippen molar-refractivity contribution in [2.75, 3.05) is 5.32 Å². The maximum atomic E-state index is 11.2. The summed E-state index contributed by atoms with van der Waals surface area (Å²) < 4.78 is 2.42. The summed E-state index contributed by atoms with van der Waals surface area (Å²) in [5.74, 6) is 0. The Balaban J connectivity index is 2.09. The molecule has 0 aliphatic heterocycles. The molecule has 2 rings (SSSR count). The van der Waals surface area contributed by atoms with E-state index in [9.17, 15) is 4.79 Å². The number of halogens is 2. The van der Waals surface area contributed by atoms with E-state index in [0.29, 0.717) is 11.6 Å². The molecule has 3 nitrogen and oxygen atoms in total. The smallest absolute Gasteiger partial charge is 0.250 e. The molecule has 1 N–H and O–H groups in total. The summed E-state index contributed by atoms with van der Waals surface area (Å²) in [6, 6.07) is 9.12. The van der Waals surface area contributed by atoms with Gasteiger partial charge in [0, 0.05) is 30.3 Å². The molecule has 0 saturated heterocycles. The fraction of sp³-hybridized carbons (Fsp3) is 0.154. The molecule has 5 heteroatoms. The second-order valence-electron chi connectivity index (χ2n) is 3.97. The van der Waals surface area contributed by atoms with Crippen LogP contribution >= 0.6 is 27.5 Å². The summed E-state index contributed by atoms with van der Waals surface area (Å²) in [7, 11) is 1.73. The van der Waals surface area contributed by atoms with Crippen LogP contribution in [0.2, 0.25) is 5.02 Å². The van der Waals surface area contributed by atoms with Crippen LogP contribution in [0.15, 0.2) is 45.8 Å². The Morgan fingerprint density at radius 1 is 1.33 bits per heavy atom. The summed E-state index contributed by atoms with van der Waals surface area (Å²) in [6.45, 7) is 0.658. The molecule has 0 amide bonds. The minimum Gasteiger partial charge on any atom is -0.380 e. The van der Waals surface area contributed by atoms with Crippen molar-refractivity contribution in [3.05, 3.63) is 61.9 Å². The van der Waals surface area contributed by atoms with Crippen molar-refractivity contribution in [3.63, 3.8) is 0 Å². The molecule has 0 aliphatic rings. The third-order valence-electron chi connectivity index (χ3n) is 2.57. The van der Waals surface area contributed by atoms with Crippen LogP contribution in [-0.2, 0) is 13.6 Å². The number of hydrogen-bond donors (Lipinski definition) is 1. The monoisotopic (exact) mass is 326 g/mol. The lowest BCUT2D eigenvalue weighted by atomic mass is 10.2. The van der Waals surface area contributed by atoms with Gasteiger partial charge in [0.2, 0.25) is 5.56 Å². The molecule has 2 aromatic rings. The Kier molecular flexibility index (Phi) is 4.09. The lowest BCUT2D eigenvalue weighted by Gasteiger charge is -2.08. The molecule has 94 valence electrons. The summed E-state index contributed by atoms with van der Waals surface area (Å²) in [4.78, 5) is 11.2. The highest BCUT2D eigenvalue weighted by atomic mass is 79.9. The Morgan fingerprint density at radius 3 is 2.78 bits per heavy atom. The van der Waals surface area contributed by atoms with Crippen molar-refractivity contribution in [2.45, 2.75) is 6.54 Å². The average molecular weight is 328 g/mol. The molecule has 0 spiro atoms. The zero-order valence-electron chi connectivity index (χ0n) is 9.78. The van der Waals surface area contributed by atoms with Gasteiger partial charge in [0.25, 0.3) is 0 Å². The molecular formula is C13H12BrClN2O. The van der Waals surface area contributed by atoms with Crippen molar-refractivity contribution in [1.82, 2.24) is 4.57 Å². The van der Waals surface area contributed by atoms with E-state index in [1.165, 1.54) is 10.6 Å². The van der Waals surface area contributed by atoms with E-state index in [1.807, 2.05) is 18.2 Å². The van der Waals surface area contributed by atoms with Crippen LogP contribution in [-0.4, -0.2) is 4.57 Å². The molecular weight excluding hydrogens is 316 g/mol. The van der Waals surface area contributed by atoms with Gasteiger partial charge in [-0.2, -0.15) is 0 Å². The van der Waals surface area contributed by atoms with Gasteiger partial charge in [0.1, 0.15) is 0 Å². The van der Waals surface area contributed by atoms with Crippen LogP contribution in [0.25, 0.3) is 0 Å². The predicted octanol–water partition coefficient (Wildman–Crippen LogP) is 3.41.